The monoisotopic (exact) mass is 212 g/mol. The number of anilines is 1. The minimum atomic E-state index is 0.158. The number of pyridine rings is 1. The zero-order chi connectivity index (χ0) is 12.3. The molecule has 1 rings (SSSR count). The highest BCUT2D eigenvalue weighted by Crippen LogP contribution is 2.09. The third-order valence-corrected chi connectivity index (χ3v) is 1.12. The molecule has 0 bridgehead atoms. The normalized spacial score (nSPS) is 8.20. The average Bonchev–Trinajstić information content (AvgIpc) is 2.27. The van der Waals surface area contributed by atoms with Crippen LogP contribution in [0.1, 0.15) is 41.5 Å². The van der Waals surface area contributed by atoms with Gasteiger partial charge in [-0.1, -0.05) is 27.7 Å². The summed E-state index contributed by atoms with van der Waals surface area (Å²) in [5, 5.41) is 0. The summed E-state index contributed by atoms with van der Waals surface area (Å²) in [5.41, 5.74) is 6.09. The van der Waals surface area contributed by atoms with Gasteiger partial charge in [-0.05, 0) is 19.9 Å². The second-order valence-electron chi connectivity index (χ2n) is 2.60. The Balaban J connectivity index is 0. The van der Waals surface area contributed by atoms with Gasteiger partial charge in [-0.3, -0.25) is 0 Å². The number of rotatable bonds is 2. The van der Waals surface area contributed by atoms with E-state index in [9.17, 15) is 0 Å². The van der Waals surface area contributed by atoms with Crippen molar-refractivity contribution in [2.24, 2.45) is 0 Å². The maximum Gasteiger partial charge on any atom is 0.213 e. The van der Waals surface area contributed by atoms with E-state index in [1.54, 1.807) is 18.3 Å². The standard InChI is InChI=1S/C8H12N2O.2C2H6/c1-6(2)11-8-4-3-7(9)5-10-8;2*1-2/h3-6H,9H2,1-2H3;2*1-2H3. The molecule has 1 aromatic rings. The van der Waals surface area contributed by atoms with Crippen molar-refractivity contribution < 1.29 is 4.74 Å². The molecule has 0 radical (unpaired) electrons. The van der Waals surface area contributed by atoms with Gasteiger partial charge >= 0.3 is 0 Å². The molecule has 0 amide bonds. The first-order chi connectivity index (χ1) is 7.18. The molecule has 0 atom stereocenters. The number of nitrogen functional groups attached to an aromatic ring is 1. The lowest BCUT2D eigenvalue weighted by Crippen LogP contribution is -2.06. The Kier molecular flexibility index (Phi) is 11.7. The molecule has 3 nitrogen and oxygen atoms in total. The van der Waals surface area contributed by atoms with E-state index in [0.29, 0.717) is 11.6 Å². The van der Waals surface area contributed by atoms with Crippen molar-refractivity contribution in [3.63, 3.8) is 0 Å². The number of aromatic nitrogens is 1. The number of hydrogen-bond acceptors (Lipinski definition) is 3. The molecule has 0 fully saturated rings. The van der Waals surface area contributed by atoms with Gasteiger partial charge in [-0.2, -0.15) is 0 Å². The van der Waals surface area contributed by atoms with Crippen LogP contribution in [0, 0.1) is 0 Å². The molecule has 0 saturated carbocycles. The predicted molar refractivity (Wildman–Crippen MR) is 67.1 cm³/mol. The maximum absolute atomic E-state index is 5.44. The molecule has 0 spiro atoms. The van der Waals surface area contributed by atoms with E-state index in [1.165, 1.54) is 0 Å². The molecule has 15 heavy (non-hydrogen) atoms. The Labute approximate surface area is 93.7 Å². The van der Waals surface area contributed by atoms with Gasteiger partial charge in [0.1, 0.15) is 0 Å². The molecule has 0 unspecified atom stereocenters. The van der Waals surface area contributed by atoms with Crippen molar-refractivity contribution in [1.29, 1.82) is 0 Å². The summed E-state index contributed by atoms with van der Waals surface area (Å²) >= 11 is 0. The summed E-state index contributed by atoms with van der Waals surface area (Å²) in [6.07, 6.45) is 1.74. The molecular formula is C12H24N2O. The highest BCUT2D eigenvalue weighted by Gasteiger charge is 1.96. The van der Waals surface area contributed by atoms with Crippen LogP contribution in [0.4, 0.5) is 5.69 Å². The Bertz CT molecular complexity index is 220. The second-order valence-corrected chi connectivity index (χ2v) is 2.60. The number of nitrogens with two attached hydrogens (primary N) is 1. The van der Waals surface area contributed by atoms with E-state index in [2.05, 4.69) is 4.98 Å². The lowest BCUT2D eigenvalue weighted by molar-refractivity contribution is 0.232. The van der Waals surface area contributed by atoms with Crippen molar-refractivity contribution in [2.45, 2.75) is 47.6 Å². The van der Waals surface area contributed by atoms with Gasteiger partial charge in [0.2, 0.25) is 5.88 Å². The summed E-state index contributed by atoms with van der Waals surface area (Å²) in [6, 6.07) is 3.53. The van der Waals surface area contributed by atoms with Crippen LogP contribution in [-0.2, 0) is 0 Å². The lowest BCUT2D eigenvalue weighted by Gasteiger charge is -2.07. The van der Waals surface area contributed by atoms with Crippen molar-refractivity contribution in [2.75, 3.05) is 5.73 Å². The van der Waals surface area contributed by atoms with Crippen LogP contribution in [0.3, 0.4) is 0 Å². The van der Waals surface area contributed by atoms with E-state index in [-0.39, 0.29) is 6.10 Å². The second kappa shape index (κ2) is 10.8. The van der Waals surface area contributed by atoms with E-state index in [4.69, 9.17) is 10.5 Å². The first-order valence-corrected chi connectivity index (χ1v) is 5.56. The smallest absolute Gasteiger partial charge is 0.213 e. The van der Waals surface area contributed by atoms with Crippen LogP contribution in [0.2, 0.25) is 0 Å². The molecule has 1 aromatic heterocycles. The fourth-order valence-corrected chi connectivity index (χ4v) is 0.703. The minimum absolute atomic E-state index is 0.158. The molecular weight excluding hydrogens is 188 g/mol. The minimum Gasteiger partial charge on any atom is -0.475 e. The summed E-state index contributed by atoms with van der Waals surface area (Å²) in [4.78, 5) is 3.97. The zero-order valence-electron chi connectivity index (χ0n) is 10.7. The Morgan fingerprint density at radius 3 is 2.00 bits per heavy atom. The molecule has 1 heterocycles. The Morgan fingerprint density at radius 1 is 1.13 bits per heavy atom. The molecule has 0 aliphatic carbocycles. The third-order valence-electron chi connectivity index (χ3n) is 1.12. The van der Waals surface area contributed by atoms with E-state index in [1.807, 2.05) is 41.5 Å². The molecule has 2 N–H and O–H groups in total. The van der Waals surface area contributed by atoms with Gasteiger partial charge in [0.25, 0.3) is 0 Å². The third kappa shape index (κ3) is 9.06. The summed E-state index contributed by atoms with van der Waals surface area (Å²) in [6.45, 7) is 11.9. The molecule has 3 heteroatoms. The van der Waals surface area contributed by atoms with Gasteiger partial charge in [0.15, 0.2) is 0 Å². The largest absolute Gasteiger partial charge is 0.475 e. The lowest BCUT2D eigenvalue weighted by atomic mass is 10.4. The van der Waals surface area contributed by atoms with Crippen LogP contribution < -0.4 is 10.5 Å². The summed E-state index contributed by atoms with van der Waals surface area (Å²) in [7, 11) is 0. The van der Waals surface area contributed by atoms with E-state index in [0.717, 1.165) is 0 Å². The number of nitrogens with zero attached hydrogens (tertiary/aromatic N) is 1. The quantitative estimate of drug-likeness (QED) is 0.816. The molecule has 0 aliphatic rings. The van der Waals surface area contributed by atoms with Crippen molar-refractivity contribution in [1.82, 2.24) is 4.98 Å². The molecule has 0 aromatic carbocycles. The van der Waals surface area contributed by atoms with Gasteiger partial charge in [0, 0.05) is 6.07 Å². The maximum atomic E-state index is 5.44. The van der Waals surface area contributed by atoms with Crippen LogP contribution in [0.5, 0.6) is 5.88 Å². The highest BCUT2D eigenvalue weighted by atomic mass is 16.5. The van der Waals surface area contributed by atoms with Crippen molar-refractivity contribution in [3.8, 4) is 5.88 Å². The summed E-state index contributed by atoms with van der Waals surface area (Å²) in [5.74, 6) is 0.620. The Morgan fingerprint density at radius 2 is 1.67 bits per heavy atom. The fourth-order valence-electron chi connectivity index (χ4n) is 0.703. The van der Waals surface area contributed by atoms with E-state index < -0.39 is 0 Å². The highest BCUT2D eigenvalue weighted by molar-refractivity contribution is 5.35. The van der Waals surface area contributed by atoms with Crippen LogP contribution in [0.15, 0.2) is 18.3 Å². The van der Waals surface area contributed by atoms with Gasteiger partial charge in [0.05, 0.1) is 18.0 Å². The van der Waals surface area contributed by atoms with Gasteiger partial charge in [-0.15, -0.1) is 0 Å². The first kappa shape index (κ1) is 16.2. The predicted octanol–water partition coefficient (Wildman–Crippen LogP) is 3.50. The molecule has 0 aliphatic heterocycles. The topological polar surface area (TPSA) is 48.1 Å². The zero-order valence-corrected chi connectivity index (χ0v) is 10.7. The number of ether oxygens (including phenoxy) is 1. The SMILES string of the molecule is CC.CC.CC(C)Oc1ccc(N)cn1. The van der Waals surface area contributed by atoms with E-state index >= 15 is 0 Å². The van der Waals surface area contributed by atoms with Crippen molar-refractivity contribution >= 4 is 5.69 Å². The summed E-state index contributed by atoms with van der Waals surface area (Å²) < 4.78 is 5.30. The molecule has 88 valence electrons. The molecule has 0 saturated heterocycles. The Hall–Kier alpha value is -1.25. The van der Waals surface area contributed by atoms with Crippen LogP contribution in [0.25, 0.3) is 0 Å². The van der Waals surface area contributed by atoms with Gasteiger partial charge < -0.3 is 10.5 Å². The number of hydrogen-bond donors (Lipinski definition) is 1. The first-order valence-electron chi connectivity index (χ1n) is 5.56. The van der Waals surface area contributed by atoms with Gasteiger partial charge in [-0.25, -0.2) is 4.98 Å². The van der Waals surface area contributed by atoms with Crippen molar-refractivity contribution in [3.05, 3.63) is 18.3 Å². The average molecular weight is 212 g/mol. The van der Waals surface area contributed by atoms with Crippen LogP contribution in [-0.4, -0.2) is 11.1 Å². The fraction of sp³-hybridized carbons (Fsp3) is 0.583. The van der Waals surface area contributed by atoms with Crippen LogP contribution >= 0.6 is 0 Å².